The number of carbonyl (C=O) groups is 1. The highest BCUT2D eigenvalue weighted by Gasteiger charge is 2.06. The number of nitrogens with one attached hydrogen (secondary N) is 1. The third kappa shape index (κ3) is 3.05. The van der Waals surface area contributed by atoms with Crippen LogP contribution in [-0.2, 0) is 0 Å². The Morgan fingerprint density at radius 2 is 1.89 bits per heavy atom. The van der Waals surface area contributed by atoms with E-state index in [1.54, 1.807) is 7.05 Å². The van der Waals surface area contributed by atoms with Gasteiger partial charge in [0.05, 0.1) is 6.10 Å². The van der Waals surface area contributed by atoms with E-state index < -0.39 is 0 Å². The molecule has 0 radical (unpaired) electrons. The zero-order valence-corrected chi connectivity index (χ0v) is 11.6. The van der Waals surface area contributed by atoms with E-state index in [1.165, 1.54) is 0 Å². The van der Waals surface area contributed by atoms with Crippen LogP contribution in [0.2, 0.25) is 0 Å². The van der Waals surface area contributed by atoms with Crippen molar-refractivity contribution in [2.75, 3.05) is 7.05 Å². The largest absolute Gasteiger partial charge is 0.491 e. The van der Waals surface area contributed by atoms with E-state index in [9.17, 15) is 4.79 Å². The van der Waals surface area contributed by atoms with Gasteiger partial charge in [0.15, 0.2) is 0 Å². The van der Waals surface area contributed by atoms with Crippen LogP contribution >= 0.6 is 0 Å². The first-order valence-corrected chi connectivity index (χ1v) is 6.56. The molecule has 2 aromatic rings. The van der Waals surface area contributed by atoms with Crippen molar-refractivity contribution in [3.05, 3.63) is 42.0 Å². The molecular formula is C16H19NO2. The molecule has 19 heavy (non-hydrogen) atoms. The number of amides is 1. The number of benzene rings is 2. The second-order valence-electron chi connectivity index (χ2n) is 4.64. The van der Waals surface area contributed by atoms with Crippen molar-refractivity contribution in [1.29, 1.82) is 0 Å². The first kappa shape index (κ1) is 13.4. The third-order valence-corrected chi connectivity index (χ3v) is 3.21. The van der Waals surface area contributed by atoms with Gasteiger partial charge in [-0.1, -0.05) is 19.1 Å². The average Bonchev–Trinajstić information content (AvgIpc) is 2.45. The molecule has 0 heterocycles. The van der Waals surface area contributed by atoms with E-state index in [2.05, 4.69) is 19.2 Å². The molecule has 0 aliphatic rings. The minimum absolute atomic E-state index is 0.0677. The van der Waals surface area contributed by atoms with Gasteiger partial charge in [-0.3, -0.25) is 4.79 Å². The van der Waals surface area contributed by atoms with Crippen molar-refractivity contribution < 1.29 is 9.53 Å². The summed E-state index contributed by atoms with van der Waals surface area (Å²) in [6.07, 6.45) is 1.19. The third-order valence-electron chi connectivity index (χ3n) is 3.21. The van der Waals surface area contributed by atoms with Crippen LogP contribution in [0.25, 0.3) is 10.8 Å². The van der Waals surface area contributed by atoms with E-state index in [0.717, 1.165) is 22.9 Å². The number of rotatable bonds is 4. The number of carbonyl (C=O) groups excluding carboxylic acids is 1. The molecule has 1 amide bonds. The van der Waals surface area contributed by atoms with Gasteiger partial charge in [-0.05, 0) is 48.4 Å². The highest BCUT2D eigenvalue weighted by molar-refractivity contribution is 5.98. The van der Waals surface area contributed by atoms with Gasteiger partial charge >= 0.3 is 0 Å². The smallest absolute Gasteiger partial charge is 0.251 e. The topological polar surface area (TPSA) is 38.3 Å². The zero-order valence-electron chi connectivity index (χ0n) is 11.6. The molecule has 0 saturated carbocycles. The molecule has 0 aliphatic heterocycles. The predicted molar refractivity (Wildman–Crippen MR) is 77.7 cm³/mol. The monoisotopic (exact) mass is 257 g/mol. The van der Waals surface area contributed by atoms with E-state index >= 15 is 0 Å². The Balaban J connectivity index is 2.32. The summed E-state index contributed by atoms with van der Waals surface area (Å²) >= 11 is 0. The molecule has 0 aromatic heterocycles. The van der Waals surface area contributed by atoms with Crippen molar-refractivity contribution in [3.8, 4) is 5.75 Å². The number of hydrogen-bond acceptors (Lipinski definition) is 2. The highest BCUT2D eigenvalue weighted by atomic mass is 16.5. The molecular weight excluding hydrogens is 238 g/mol. The van der Waals surface area contributed by atoms with E-state index in [-0.39, 0.29) is 12.0 Å². The maximum Gasteiger partial charge on any atom is 0.251 e. The molecule has 0 spiro atoms. The lowest BCUT2D eigenvalue weighted by Gasteiger charge is -2.13. The van der Waals surface area contributed by atoms with Crippen molar-refractivity contribution >= 4 is 16.7 Å². The summed E-state index contributed by atoms with van der Waals surface area (Å²) in [5.74, 6) is 0.802. The Hall–Kier alpha value is -2.03. The van der Waals surface area contributed by atoms with E-state index in [1.807, 2.05) is 36.4 Å². The van der Waals surface area contributed by atoms with Gasteiger partial charge in [0.1, 0.15) is 5.75 Å². The highest BCUT2D eigenvalue weighted by Crippen LogP contribution is 2.23. The normalized spacial score (nSPS) is 12.2. The lowest BCUT2D eigenvalue weighted by atomic mass is 10.1. The van der Waals surface area contributed by atoms with Crippen molar-refractivity contribution in [2.45, 2.75) is 26.4 Å². The average molecular weight is 257 g/mol. The molecule has 1 N–H and O–H groups in total. The Kier molecular flexibility index (Phi) is 4.05. The predicted octanol–water partition coefficient (Wildman–Crippen LogP) is 3.38. The van der Waals surface area contributed by atoms with Crippen LogP contribution in [0.15, 0.2) is 36.4 Å². The van der Waals surface area contributed by atoms with Crippen LogP contribution in [0, 0.1) is 0 Å². The van der Waals surface area contributed by atoms with Gasteiger partial charge in [0, 0.05) is 12.6 Å². The molecule has 1 unspecified atom stereocenters. The minimum atomic E-state index is -0.0677. The van der Waals surface area contributed by atoms with Gasteiger partial charge in [-0.15, -0.1) is 0 Å². The van der Waals surface area contributed by atoms with Gasteiger partial charge < -0.3 is 10.1 Å². The van der Waals surface area contributed by atoms with Crippen LogP contribution in [-0.4, -0.2) is 19.1 Å². The maximum atomic E-state index is 11.6. The number of ether oxygens (including phenoxy) is 1. The van der Waals surface area contributed by atoms with Crippen molar-refractivity contribution in [1.82, 2.24) is 5.32 Å². The fourth-order valence-electron chi connectivity index (χ4n) is 1.90. The molecule has 0 fully saturated rings. The molecule has 3 heteroatoms. The summed E-state index contributed by atoms with van der Waals surface area (Å²) in [7, 11) is 1.63. The summed E-state index contributed by atoms with van der Waals surface area (Å²) in [5, 5.41) is 4.74. The summed E-state index contributed by atoms with van der Waals surface area (Å²) < 4.78 is 5.79. The quantitative estimate of drug-likeness (QED) is 0.912. The second kappa shape index (κ2) is 5.74. The fraction of sp³-hybridized carbons (Fsp3) is 0.312. The molecule has 0 bridgehead atoms. The summed E-state index contributed by atoms with van der Waals surface area (Å²) in [5.41, 5.74) is 0.672. The zero-order chi connectivity index (χ0) is 13.8. The lowest BCUT2D eigenvalue weighted by molar-refractivity contribution is 0.0963. The minimum Gasteiger partial charge on any atom is -0.491 e. The molecule has 2 aromatic carbocycles. The molecule has 1 atom stereocenters. The van der Waals surface area contributed by atoms with E-state index in [0.29, 0.717) is 5.56 Å². The summed E-state index contributed by atoms with van der Waals surface area (Å²) in [6, 6.07) is 11.6. The van der Waals surface area contributed by atoms with Crippen molar-refractivity contribution in [2.24, 2.45) is 0 Å². The van der Waals surface area contributed by atoms with Gasteiger partial charge in [0.25, 0.3) is 5.91 Å². The lowest BCUT2D eigenvalue weighted by Crippen LogP contribution is -2.17. The molecule has 3 nitrogen and oxygen atoms in total. The molecule has 0 saturated heterocycles. The fourth-order valence-corrected chi connectivity index (χ4v) is 1.90. The number of hydrogen-bond donors (Lipinski definition) is 1. The van der Waals surface area contributed by atoms with Gasteiger partial charge in [-0.2, -0.15) is 0 Å². The summed E-state index contributed by atoms with van der Waals surface area (Å²) in [6.45, 7) is 4.15. The van der Waals surface area contributed by atoms with Crippen molar-refractivity contribution in [3.63, 3.8) is 0 Å². The standard InChI is InChI=1S/C16H19NO2/c1-4-11(2)19-15-8-7-12-9-14(16(18)17-3)6-5-13(12)10-15/h5-11H,4H2,1-3H3,(H,17,18). The Morgan fingerprint density at radius 3 is 2.58 bits per heavy atom. The first-order valence-electron chi connectivity index (χ1n) is 6.56. The van der Waals surface area contributed by atoms with Crippen LogP contribution < -0.4 is 10.1 Å². The van der Waals surface area contributed by atoms with Crippen LogP contribution in [0.3, 0.4) is 0 Å². The van der Waals surface area contributed by atoms with Gasteiger partial charge in [-0.25, -0.2) is 0 Å². The Morgan fingerprint density at radius 1 is 1.21 bits per heavy atom. The second-order valence-corrected chi connectivity index (χ2v) is 4.64. The van der Waals surface area contributed by atoms with Gasteiger partial charge in [0.2, 0.25) is 0 Å². The molecule has 0 aliphatic carbocycles. The maximum absolute atomic E-state index is 11.6. The van der Waals surface area contributed by atoms with Crippen LogP contribution in [0.5, 0.6) is 5.75 Å². The Labute approximate surface area is 113 Å². The SMILES string of the molecule is CCC(C)Oc1ccc2cc(C(=O)NC)ccc2c1. The van der Waals surface area contributed by atoms with Crippen LogP contribution in [0.4, 0.5) is 0 Å². The Bertz CT molecular complexity index is 592. The number of fused-ring (bicyclic) bond motifs is 1. The molecule has 100 valence electrons. The summed E-state index contributed by atoms with van der Waals surface area (Å²) in [4.78, 5) is 11.6. The first-order chi connectivity index (χ1) is 9.13. The molecule has 2 rings (SSSR count). The van der Waals surface area contributed by atoms with Crippen LogP contribution in [0.1, 0.15) is 30.6 Å². The van der Waals surface area contributed by atoms with E-state index in [4.69, 9.17) is 4.74 Å².